The number of hydrogen-bond donors (Lipinski definition) is 1. The molecule has 1 aromatic heterocycles. The molecule has 0 radical (unpaired) electrons. The van der Waals surface area contributed by atoms with Gasteiger partial charge in [-0.15, -0.1) is 0 Å². The van der Waals surface area contributed by atoms with Gasteiger partial charge in [-0.05, 0) is 32.7 Å². The van der Waals surface area contributed by atoms with Crippen LogP contribution in [0.5, 0.6) is 0 Å². The van der Waals surface area contributed by atoms with Crippen LogP contribution in [0.4, 0.5) is 0 Å². The molecule has 3 heterocycles. The zero-order valence-electron chi connectivity index (χ0n) is 10.4. The molecule has 0 amide bonds. The number of aromatic nitrogens is 2. The van der Waals surface area contributed by atoms with Crippen molar-refractivity contribution >= 4 is 0 Å². The van der Waals surface area contributed by atoms with Gasteiger partial charge in [0, 0.05) is 31.0 Å². The molecule has 2 aliphatic heterocycles. The predicted molar refractivity (Wildman–Crippen MR) is 66.1 cm³/mol. The molecule has 3 rings (SSSR count). The fraction of sp³-hybridized carbons (Fsp3) is 0.769. The summed E-state index contributed by atoms with van der Waals surface area (Å²) in [5.41, 5.74) is 1.39. The highest BCUT2D eigenvalue weighted by molar-refractivity contribution is 5.10. The Balaban J connectivity index is 1.82. The van der Waals surface area contributed by atoms with E-state index in [1.54, 1.807) is 0 Å². The van der Waals surface area contributed by atoms with Crippen LogP contribution in [-0.4, -0.2) is 35.4 Å². The molecule has 17 heavy (non-hydrogen) atoms. The standard InChI is InChI=1S/C13H21N3O/c1-10-12(4-6-17-10)16-9-15-8-13(16)11-3-2-5-14-7-11/h8-12,14H,2-7H2,1H3. The summed E-state index contributed by atoms with van der Waals surface area (Å²) in [6, 6.07) is 0.481. The topological polar surface area (TPSA) is 39.1 Å². The molecule has 0 bridgehead atoms. The number of imidazole rings is 1. The highest BCUT2D eigenvalue weighted by Gasteiger charge is 2.29. The lowest BCUT2D eigenvalue weighted by Crippen LogP contribution is -2.30. The third kappa shape index (κ3) is 2.11. The minimum atomic E-state index is 0.319. The maximum atomic E-state index is 5.67. The van der Waals surface area contributed by atoms with E-state index in [4.69, 9.17) is 4.74 Å². The molecule has 0 aliphatic carbocycles. The Morgan fingerprint density at radius 2 is 2.41 bits per heavy atom. The number of rotatable bonds is 2. The fourth-order valence-electron chi connectivity index (χ4n) is 3.10. The van der Waals surface area contributed by atoms with E-state index in [0.29, 0.717) is 18.1 Å². The van der Waals surface area contributed by atoms with Gasteiger partial charge in [-0.2, -0.15) is 0 Å². The van der Waals surface area contributed by atoms with E-state index in [1.807, 2.05) is 12.5 Å². The molecule has 4 heteroatoms. The summed E-state index contributed by atoms with van der Waals surface area (Å²) in [7, 11) is 0. The molecule has 0 saturated carbocycles. The van der Waals surface area contributed by atoms with Crippen LogP contribution in [0.2, 0.25) is 0 Å². The van der Waals surface area contributed by atoms with Crippen LogP contribution in [0.15, 0.2) is 12.5 Å². The van der Waals surface area contributed by atoms with Crippen molar-refractivity contribution in [3.63, 3.8) is 0 Å². The number of hydrogen-bond acceptors (Lipinski definition) is 3. The molecule has 1 aromatic rings. The van der Waals surface area contributed by atoms with E-state index < -0.39 is 0 Å². The summed E-state index contributed by atoms with van der Waals surface area (Å²) >= 11 is 0. The van der Waals surface area contributed by atoms with Crippen molar-refractivity contribution in [3.8, 4) is 0 Å². The first-order chi connectivity index (χ1) is 8.36. The second-order valence-electron chi connectivity index (χ2n) is 5.20. The second kappa shape index (κ2) is 4.78. The van der Waals surface area contributed by atoms with Crippen LogP contribution in [0, 0.1) is 0 Å². The number of piperidine rings is 1. The lowest BCUT2D eigenvalue weighted by molar-refractivity contribution is 0.107. The summed E-state index contributed by atoms with van der Waals surface area (Å²) in [4.78, 5) is 4.36. The van der Waals surface area contributed by atoms with Gasteiger partial charge in [-0.1, -0.05) is 0 Å². The predicted octanol–water partition coefficient (Wildman–Crippen LogP) is 1.70. The van der Waals surface area contributed by atoms with Crippen molar-refractivity contribution in [2.75, 3.05) is 19.7 Å². The van der Waals surface area contributed by atoms with Crippen molar-refractivity contribution in [1.29, 1.82) is 0 Å². The Kier molecular flexibility index (Phi) is 3.16. The summed E-state index contributed by atoms with van der Waals surface area (Å²) in [6.07, 6.45) is 8.01. The Morgan fingerprint density at radius 1 is 1.47 bits per heavy atom. The normalized spacial score (nSPS) is 34.1. The second-order valence-corrected chi connectivity index (χ2v) is 5.20. The van der Waals surface area contributed by atoms with Gasteiger partial charge in [0.2, 0.25) is 0 Å². The van der Waals surface area contributed by atoms with Gasteiger partial charge in [0.05, 0.1) is 18.5 Å². The Bertz CT molecular complexity index is 370. The van der Waals surface area contributed by atoms with Gasteiger partial charge in [0.25, 0.3) is 0 Å². The zero-order valence-corrected chi connectivity index (χ0v) is 10.4. The maximum absolute atomic E-state index is 5.67. The quantitative estimate of drug-likeness (QED) is 0.848. The summed E-state index contributed by atoms with van der Waals surface area (Å²) in [5, 5.41) is 3.48. The third-order valence-electron chi connectivity index (χ3n) is 4.10. The fourth-order valence-corrected chi connectivity index (χ4v) is 3.10. The summed E-state index contributed by atoms with van der Waals surface area (Å²) < 4.78 is 8.02. The Hall–Kier alpha value is -0.870. The lowest BCUT2D eigenvalue weighted by atomic mass is 9.96. The lowest BCUT2D eigenvalue weighted by Gasteiger charge is -2.26. The van der Waals surface area contributed by atoms with Crippen LogP contribution in [0.3, 0.4) is 0 Å². The SMILES string of the molecule is CC1OCCC1n1cncc1C1CCCNC1. The smallest absolute Gasteiger partial charge is 0.0951 e. The van der Waals surface area contributed by atoms with Crippen molar-refractivity contribution in [1.82, 2.24) is 14.9 Å². The van der Waals surface area contributed by atoms with Gasteiger partial charge in [-0.25, -0.2) is 4.98 Å². The summed E-state index contributed by atoms with van der Waals surface area (Å²) in [6.45, 7) is 5.30. The molecule has 2 fully saturated rings. The molecule has 0 spiro atoms. The molecular formula is C13H21N3O. The van der Waals surface area contributed by atoms with Crippen LogP contribution < -0.4 is 5.32 Å². The average molecular weight is 235 g/mol. The van der Waals surface area contributed by atoms with Crippen LogP contribution in [0.25, 0.3) is 0 Å². The first-order valence-corrected chi connectivity index (χ1v) is 6.70. The minimum absolute atomic E-state index is 0.319. The van der Waals surface area contributed by atoms with Crippen LogP contribution in [0.1, 0.15) is 43.8 Å². The molecular weight excluding hydrogens is 214 g/mol. The molecule has 3 atom stereocenters. The highest BCUT2D eigenvalue weighted by Crippen LogP contribution is 2.31. The molecule has 94 valence electrons. The first kappa shape index (κ1) is 11.2. The Labute approximate surface area is 102 Å². The highest BCUT2D eigenvalue weighted by atomic mass is 16.5. The number of ether oxygens (including phenoxy) is 1. The first-order valence-electron chi connectivity index (χ1n) is 6.70. The van der Waals surface area contributed by atoms with E-state index in [-0.39, 0.29) is 0 Å². The Morgan fingerprint density at radius 3 is 3.12 bits per heavy atom. The monoisotopic (exact) mass is 235 g/mol. The van der Waals surface area contributed by atoms with Gasteiger partial charge in [-0.3, -0.25) is 0 Å². The number of nitrogens with zero attached hydrogens (tertiary/aromatic N) is 2. The number of nitrogens with one attached hydrogen (secondary N) is 1. The van der Waals surface area contributed by atoms with E-state index in [2.05, 4.69) is 21.8 Å². The van der Waals surface area contributed by atoms with Gasteiger partial charge >= 0.3 is 0 Å². The van der Waals surface area contributed by atoms with E-state index in [0.717, 1.165) is 26.1 Å². The van der Waals surface area contributed by atoms with Gasteiger partial charge < -0.3 is 14.6 Å². The van der Waals surface area contributed by atoms with Crippen molar-refractivity contribution < 1.29 is 4.74 Å². The van der Waals surface area contributed by atoms with Crippen molar-refractivity contribution in [3.05, 3.63) is 18.2 Å². The van der Waals surface area contributed by atoms with Crippen molar-refractivity contribution in [2.45, 2.75) is 44.2 Å². The van der Waals surface area contributed by atoms with E-state index in [1.165, 1.54) is 18.5 Å². The van der Waals surface area contributed by atoms with Gasteiger partial charge in [0.15, 0.2) is 0 Å². The average Bonchev–Trinajstić information content (AvgIpc) is 2.98. The molecule has 2 saturated heterocycles. The molecule has 0 aromatic carbocycles. The van der Waals surface area contributed by atoms with Crippen LogP contribution in [-0.2, 0) is 4.74 Å². The minimum Gasteiger partial charge on any atom is -0.376 e. The van der Waals surface area contributed by atoms with E-state index >= 15 is 0 Å². The van der Waals surface area contributed by atoms with E-state index in [9.17, 15) is 0 Å². The summed E-state index contributed by atoms with van der Waals surface area (Å²) in [5.74, 6) is 0.624. The maximum Gasteiger partial charge on any atom is 0.0951 e. The molecule has 3 unspecified atom stereocenters. The third-order valence-corrected chi connectivity index (χ3v) is 4.10. The van der Waals surface area contributed by atoms with Crippen molar-refractivity contribution in [2.24, 2.45) is 0 Å². The molecule has 2 aliphatic rings. The molecule has 4 nitrogen and oxygen atoms in total. The van der Waals surface area contributed by atoms with Crippen LogP contribution >= 0.6 is 0 Å². The molecule has 1 N–H and O–H groups in total. The zero-order chi connectivity index (χ0) is 11.7. The van der Waals surface area contributed by atoms with Gasteiger partial charge in [0.1, 0.15) is 0 Å². The largest absolute Gasteiger partial charge is 0.376 e.